The van der Waals surface area contributed by atoms with E-state index >= 15 is 0 Å². The third-order valence-electron chi connectivity index (χ3n) is 2.74. The number of carbonyl (C=O) groups excluding carboxylic acids is 1. The standard InChI is InChI=1S/C13H20N2O2/c1-10(2)17-13(16)9-15-7-3-4-12(15)8-14-11-5-6-11/h3-4,7,10-11,14H,5-6,8-9H2,1-2H3. The molecule has 0 saturated heterocycles. The van der Waals surface area contributed by atoms with Gasteiger partial charge in [-0.1, -0.05) is 0 Å². The van der Waals surface area contributed by atoms with Crippen molar-refractivity contribution in [2.75, 3.05) is 0 Å². The number of rotatable bonds is 6. The Balaban J connectivity index is 1.86. The molecule has 0 amide bonds. The molecule has 1 fully saturated rings. The fourth-order valence-electron chi connectivity index (χ4n) is 1.74. The molecule has 0 unspecified atom stereocenters. The lowest BCUT2D eigenvalue weighted by Gasteiger charge is -2.11. The van der Waals surface area contributed by atoms with Crippen molar-refractivity contribution in [3.8, 4) is 0 Å². The minimum Gasteiger partial charge on any atom is -0.462 e. The minimum atomic E-state index is -0.177. The highest BCUT2D eigenvalue weighted by molar-refractivity contribution is 5.69. The van der Waals surface area contributed by atoms with Gasteiger partial charge < -0.3 is 14.6 Å². The molecule has 4 nitrogen and oxygen atoms in total. The number of carbonyl (C=O) groups is 1. The molecule has 2 rings (SSSR count). The number of hydrogen-bond donors (Lipinski definition) is 1. The predicted molar refractivity (Wildman–Crippen MR) is 65.5 cm³/mol. The lowest BCUT2D eigenvalue weighted by atomic mass is 10.4. The van der Waals surface area contributed by atoms with Crippen LogP contribution in [0.2, 0.25) is 0 Å². The second-order valence-electron chi connectivity index (χ2n) is 4.82. The van der Waals surface area contributed by atoms with Crippen molar-refractivity contribution in [2.24, 2.45) is 0 Å². The van der Waals surface area contributed by atoms with Gasteiger partial charge in [-0.05, 0) is 38.8 Å². The molecule has 1 saturated carbocycles. The van der Waals surface area contributed by atoms with Gasteiger partial charge in [-0.15, -0.1) is 0 Å². The Bertz CT molecular complexity index is 381. The first-order chi connectivity index (χ1) is 8.15. The Morgan fingerprint density at radius 2 is 2.35 bits per heavy atom. The Labute approximate surface area is 102 Å². The topological polar surface area (TPSA) is 43.3 Å². The number of nitrogens with one attached hydrogen (secondary N) is 1. The first kappa shape index (κ1) is 12.2. The van der Waals surface area contributed by atoms with Crippen LogP contribution in [0.15, 0.2) is 18.3 Å². The van der Waals surface area contributed by atoms with Gasteiger partial charge in [0.2, 0.25) is 0 Å². The van der Waals surface area contributed by atoms with Crippen LogP contribution in [0.5, 0.6) is 0 Å². The van der Waals surface area contributed by atoms with Crippen LogP contribution in [0, 0.1) is 0 Å². The van der Waals surface area contributed by atoms with E-state index in [-0.39, 0.29) is 12.1 Å². The quantitative estimate of drug-likeness (QED) is 0.764. The van der Waals surface area contributed by atoms with E-state index in [1.807, 2.05) is 36.7 Å². The van der Waals surface area contributed by atoms with Gasteiger partial charge in [0.1, 0.15) is 6.54 Å². The van der Waals surface area contributed by atoms with Crippen LogP contribution in [0.1, 0.15) is 32.4 Å². The summed E-state index contributed by atoms with van der Waals surface area (Å²) in [5.41, 5.74) is 1.14. The second kappa shape index (κ2) is 5.36. The van der Waals surface area contributed by atoms with E-state index in [1.165, 1.54) is 12.8 Å². The molecule has 1 heterocycles. The Morgan fingerprint density at radius 1 is 1.59 bits per heavy atom. The lowest BCUT2D eigenvalue weighted by molar-refractivity contribution is -0.148. The molecule has 94 valence electrons. The van der Waals surface area contributed by atoms with Gasteiger partial charge in [0.25, 0.3) is 0 Å². The molecule has 0 atom stereocenters. The summed E-state index contributed by atoms with van der Waals surface area (Å²) in [5.74, 6) is -0.177. The summed E-state index contributed by atoms with van der Waals surface area (Å²) < 4.78 is 7.08. The molecular formula is C13H20N2O2. The minimum absolute atomic E-state index is 0.0499. The average Bonchev–Trinajstić information content (AvgIpc) is 2.96. The van der Waals surface area contributed by atoms with E-state index in [2.05, 4.69) is 5.32 Å². The zero-order valence-electron chi connectivity index (χ0n) is 10.5. The monoisotopic (exact) mass is 236 g/mol. The molecule has 0 bridgehead atoms. The molecular weight excluding hydrogens is 216 g/mol. The summed E-state index contributed by atoms with van der Waals surface area (Å²) in [7, 11) is 0. The van der Waals surface area contributed by atoms with Gasteiger partial charge in [0, 0.05) is 24.5 Å². The summed E-state index contributed by atoms with van der Waals surface area (Å²) in [6, 6.07) is 4.69. The van der Waals surface area contributed by atoms with Crippen molar-refractivity contribution in [1.29, 1.82) is 0 Å². The fraction of sp³-hybridized carbons (Fsp3) is 0.615. The van der Waals surface area contributed by atoms with Crippen molar-refractivity contribution in [2.45, 2.75) is 51.9 Å². The zero-order valence-corrected chi connectivity index (χ0v) is 10.5. The maximum absolute atomic E-state index is 11.6. The van der Waals surface area contributed by atoms with Crippen LogP contribution in [-0.2, 0) is 22.6 Å². The Morgan fingerprint density at radius 3 is 3.00 bits per heavy atom. The molecule has 0 radical (unpaired) electrons. The molecule has 1 N–H and O–H groups in total. The van der Waals surface area contributed by atoms with Crippen LogP contribution < -0.4 is 5.32 Å². The largest absolute Gasteiger partial charge is 0.462 e. The number of hydrogen-bond acceptors (Lipinski definition) is 3. The van der Waals surface area contributed by atoms with Crippen LogP contribution in [0.25, 0.3) is 0 Å². The van der Waals surface area contributed by atoms with Crippen molar-refractivity contribution in [1.82, 2.24) is 9.88 Å². The number of aromatic nitrogens is 1. The predicted octanol–water partition coefficient (Wildman–Crippen LogP) is 1.69. The Hall–Kier alpha value is -1.29. The lowest BCUT2D eigenvalue weighted by Crippen LogP contribution is -2.21. The highest BCUT2D eigenvalue weighted by Gasteiger charge is 2.20. The maximum atomic E-state index is 11.6. The summed E-state index contributed by atoms with van der Waals surface area (Å²) in [5, 5.41) is 3.44. The van der Waals surface area contributed by atoms with Gasteiger partial charge in [0.05, 0.1) is 6.10 Å². The molecule has 1 aliphatic carbocycles. The van der Waals surface area contributed by atoms with Gasteiger partial charge >= 0.3 is 5.97 Å². The Kier molecular flexibility index (Phi) is 3.84. The average molecular weight is 236 g/mol. The van der Waals surface area contributed by atoms with Crippen LogP contribution in [0.4, 0.5) is 0 Å². The fourth-order valence-corrected chi connectivity index (χ4v) is 1.74. The molecule has 4 heteroatoms. The van der Waals surface area contributed by atoms with Crippen molar-refractivity contribution in [3.63, 3.8) is 0 Å². The third-order valence-corrected chi connectivity index (χ3v) is 2.74. The molecule has 0 spiro atoms. The molecule has 1 aromatic rings. The van der Waals surface area contributed by atoms with E-state index in [9.17, 15) is 4.79 Å². The van der Waals surface area contributed by atoms with E-state index in [1.54, 1.807) is 0 Å². The van der Waals surface area contributed by atoms with Crippen LogP contribution in [-0.4, -0.2) is 22.7 Å². The smallest absolute Gasteiger partial charge is 0.326 e. The van der Waals surface area contributed by atoms with E-state index in [4.69, 9.17) is 4.74 Å². The first-order valence-corrected chi connectivity index (χ1v) is 6.22. The summed E-state index contributed by atoms with van der Waals surface area (Å²) in [6.45, 7) is 4.85. The van der Waals surface area contributed by atoms with E-state index in [0.717, 1.165) is 12.2 Å². The van der Waals surface area contributed by atoms with Crippen LogP contribution >= 0.6 is 0 Å². The van der Waals surface area contributed by atoms with Crippen molar-refractivity contribution in [3.05, 3.63) is 24.0 Å². The molecule has 1 aliphatic rings. The zero-order chi connectivity index (χ0) is 12.3. The first-order valence-electron chi connectivity index (χ1n) is 6.22. The van der Waals surface area contributed by atoms with Crippen molar-refractivity contribution < 1.29 is 9.53 Å². The van der Waals surface area contributed by atoms with Gasteiger partial charge in [-0.3, -0.25) is 4.79 Å². The molecule has 0 aromatic carbocycles. The number of ether oxygens (including phenoxy) is 1. The SMILES string of the molecule is CC(C)OC(=O)Cn1cccc1CNC1CC1. The molecule has 0 aliphatic heterocycles. The van der Waals surface area contributed by atoms with Gasteiger partial charge in [-0.2, -0.15) is 0 Å². The maximum Gasteiger partial charge on any atom is 0.326 e. The van der Waals surface area contributed by atoms with E-state index in [0.29, 0.717) is 12.6 Å². The van der Waals surface area contributed by atoms with Crippen molar-refractivity contribution >= 4 is 5.97 Å². The van der Waals surface area contributed by atoms with Crippen LogP contribution in [0.3, 0.4) is 0 Å². The number of esters is 1. The van der Waals surface area contributed by atoms with Gasteiger partial charge in [0.15, 0.2) is 0 Å². The summed E-state index contributed by atoms with van der Waals surface area (Å²) in [6.07, 6.45) is 4.42. The summed E-state index contributed by atoms with van der Waals surface area (Å²) >= 11 is 0. The highest BCUT2D eigenvalue weighted by atomic mass is 16.5. The van der Waals surface area contributed by atoms with Gasteiger partial charge in [-0.25, -0.2) is 0 Å². The molecule has 17 heavy (non-hydrogen) atoms. The van der Waals surface area contributed by atoms with E-state index < -0.39 is 0 Å². The third kappa shape index (κ3) is 3.89. The second-order valence-corrected chi connectivity index (χ2v) is 4.82. The normalized spacial score (nSPS) is 15.2. The highest BCUT2D eigenvalue weighted by Crippen LogP contribution is 2.19. The summed E-state index contributed by atoms with van der Waals surface area (Å²) in [4.78, 5) is 11.6. The number of nitrogens with zero attached hydrogens (tertiary/aromatic N) is 1. The molecule has 1 aromatic heterocycles.